The molecule has 4 aromatic carbocycles. The number of ether oxygens (including phenoxy) is 1. The van der Waals surface area contributed by atoms with Gasteiger partial charge in [-0.05, 0) is 85.6 Å². The number of nitrogens with zero attached hydrogens (tertiary/aromatic N) is 1. The molecule has 224 valence electrons. The number of hydrogen-bond acceptors (Lipinski definition) is 5. The molecular weight excluding hydrogens is 626 g/mol. The number of hydrogen-bond donors (Lipinski definition) is 2. The molecule has 0 aromatic heterocycles. The summed E-state index contributed by atoms with van der Waals surface area (Å²) >= 11 is 12.2. The van der Waals surface area contributed by atoms with E-state index in [-0.39, 0.29) is 26.9 Å². The fourth-order valence-corrected chi connectivity index (χ4v) is 6.00. The van der Waals surface area contributed by atoms with Gasteiger partial charge in [-0.2, -0.15) is 13.2 Å². The van der Waals surface area contributed by atoms with Crippen LogP contribution in [0.4, 0.5) is 30.2 Å². The zero-order valence-electron chi connectivity index (χ0n) is 22.3. The number of para-hydroxylation sites is 1. The molecule has 0 aliphatic carbocycles. The summed E-state index contributed by atoms with van der Waals surface area (Å²) in [7, 11) is -4.21. The number of rotatable bonds is 8. The van der Waals surface area contributed by atoms with Crippen LogP contribution in [0.3, 0.4) is 0 Å². The maximum atomic E-state index is 13.5. The van der Waals surface area contributed by atoms with Crippen molar-refractivity contribution >= 4 is 56.2 Å². The summed E-state index contributed by atoms with van der Waals surface area (Å²) in [5.41, 5.74) is -0.848. The van der Waals surface area contributed by atoms with Gasteiger partial charge in [0.1, 0.15) is 11.5 Å². The lowest BCUT2D eigenvalue weighted by atomic mass is 10.1. The Hall–Kier alpha value is -3.93. The average molecular weight is 651 g/mol. The lowest BCUT2D eigenvalue weighted by Gasteiger charge is -2.23. The zero-order valence-corrected chi connectivity index (χ0v) is 24.6. The van der Waals surface area contributed by atoms with E-state index in [2.05, 4.69) is 10.0 Å². The maximum absolute atomic E-state index is 13.5. The second-order valence-corrected chi connectivity index (χ2v) is 12.2. The van der Waals surface area contributed by atoms with Gasteiger partial charge >= 0.3 is 6.18 Å². The van der Waals surface area contributed by atoms with Crippen LogP contribution in [-0.4, -0.2) is 27.4 Å². The number of amides is 1. The first kappa shape index (κ1) is 30.5. The van der Waals surface area contributed by atoms with E-state index >= 15 is 0 Å². The molecule has 0 spiro atoms. The monoisotopic (exact) mass is 649 g/mol. The van der Waals surface area contributed by atoms with E-state index in [0.29, 0.717) is 35.3 Å². The average Bonchev–Trinajstić information content (AvgIpc) is 3.50. The van der Waals surface area contributed by atoms with Crippen LogP contribution < -0.4 is 19.7 Å². The quantitative estimate of drug-likeness (QED) is 0.200. The van der Waals surface area contributed by atoms with Gasteiger partial charge in [0.25, 0.3) is 15.9 Å². The van der Waals surface area contributed by atoms with Crippen molar-refractivity contribution in [2.24, 2.45) is 0 Å². The topological polar surface area (TPSA) is 87.7 Å². The molecule has 1 aliphatic heterocycles. The van der Waals surface area contributed by atoms with Crippen LogP contribution in [-0.2, 0) is 16.2 Å². The van der Waals surface area contributed by atoms with E-state index in [1.54, 1.807) is 24.3 Å². The van der Waals surface area contributed by atoms with Gasteiger partial charge in [0.15, 0.2) is 0 Å². The van der Waals surface area contributed by atoms with E-state index in [1.807, 2.05) is 4.90 Å². The largest absolute Gasteiger partial charge is 0.456 e. The first-order chi connectivity index (χ1) is 20.4. The normalized spacial score (nSPS) is 13.6. The Morgan fingerprint density at radius 1 is 0.860 bits per heavy atom. The summed E-state index contributed by atoms with van der Waals surface area (Å²) in [6, 6.07) is 19.4. The predicted molar refractivity (Wildman–Crippen MR) is 161 cm³/mol. The van der Waals surface area contributed by atoms with Crippen molar-refractivity contribution in [3.05, 3.63) is 106 Å². The second-order valence-electron chi connectivity index (χ2n) is 9.68. The molecule has 1 saturated heterocycles. The molecule has 7 nitrogen and oxygen atoms in total. The van der Waals surface area contributed by atoms with Crippen LogP contribution in [0.1, 0.15) is 28.8 Å². The third kappa shape index (κ3) is 7.18. The summed E-state index contributed by atoms with van der Waals surface area (Å²) in [5, 5.41) is 3.05. The van der Waals surface area contributed by atoms with Crippen molar-refractivity contribution < 1.29 is 31.1 Å². The van der Waals surface area contributed by atoms with Gasteiger partial charge in [-0.1, -0.05) is 35.3 Å². The minimum atomic E-state index is -4.63. The molecule has 2 N–H and O–H groups in total. The Bertz CT molecular complexity index is 1760. The molecule has 1 heterocycles. The number of sulfonamides is 1. The van der Waals surface area contributed by atoms with Crippen molar-refractivity contribution in [2.45, 2.75) is 23.9 Å². The molecule has 1 fully saturated rings. The van der Waals surface area contributed by atoms with Gasteiger partial charge in [0, 0.05) is 18.1 Å². The summed E-state index contributed by atoms with van der Waals surface area (Å²) in [5.74, 6) is -0.111. The van der Waals surface area contributed by atoms with Crippen LogP contribution in [0.15, 0.2) is 89.8 Å². The highest BCUT2D eigenvalue weighted by molar-refractivity contribution is 7.92. The minimum absolute atomic E-state index is 0.0513. The fourth-order valence-electron chi connectivity index (χ4n) is 4.57. The van der Waals surface area contributed by atoms with Crippen molar-refractivity contribution in [3.63, 3.8) is 0 Å². The smallest absolute Gasteiger partial charge is 0.416 e. The van der Waals surface area contributed by atoms with Gasteiger partial charge in [-0.3, -0.25) is 9.52 Å². The first-order valence-corrected chi connectivity index (χ1v) is 15.3. The summed E-state index contributed by atoms with van der Waals surface area (Å²) in [4.78, 5) is 15.2. The number of alkyl halides is 3. The summed E-state index contributed by atoms with van der Waals surface area (Å²) in [6.07, 6.45) is -2.91. The number of anilines is 3. The highest BCUT2D eigenvalue weighted by Crippen LogP contribution is 2.37. The van der Waals surface area contributed by atoms with Crippen molar-refractivity contribution in [1.29, 1.82) is 0 Å². The van der Waals surface area contributed by atoms with Gasteiger partial charge in [0.2, 0.25) is 0 Å². The molecule has 0 saturated carbocycles. The van der Waals surface area contributed by atoms with Crippen molar-refractivity contribution in [2.75, 3.05) is 28.0 Å². The third-order valence-corrected chi connectivity index (χ3v) is 8.62. The molecule has 43 heavy (non-hydrogen) atoms. The fraction of sp³-hybridized carbons (Fsp3) is 0.167. The van der Waals surface area contributed by atoms with Crippen molar-refractivity contribution in [3.8, 4) is 11.5 Å². The summed E-state index contributed by atoms with van der Waals surface area (Å²) in [6.45, 7) is 1.25. The molecule has 0 bridgehead atoms. The number of benzene rings is 4. The molecule has 13 heteroatoms. The van der Waals surface area contributed by atoms with Crippen LogP contribution in [0, 0.1) is 0 Å². The van der Waals surface area contributed by atoms with Crippen molar-refractivity contribution in [1.82, 2.24) is 0 Å². The minimum Gasteiger partial charge on any atom is -0.456 e. The van der Waals surface area contributed by atoms with Gasteiger partial charge in [-0.25, -0.2) is 8.42 Å². The molecule has 0 radical (unpaired) electrons. The van der Waals surface area contributed by atoms with Crippen LogP contribution in [0.25, 0.3) is 0 Å². The Labute approximate surface area is 256 Å². The first-order valence-electron chi connectivity index (χ1n) is 13.0. The summed E-state index contributed by atoms with van der Waals surface area (Å²) < 4.78 is 75.2. The SMILES string of the molecule is O=C(Nc1cc(C(F)(F)F)ccc1N1CCCC1)c1cc(Cl)ccc1NS(=O)(=O)c1ccc(Oc2ccccc2Cl)cc1. The number of carbonyl (C=O) groups excluding carboxylic acids is 1. The zero-order chi connectivity index (χ0) is 30.8. The predicted octanol–water partition coefficient (Wildman–Crippen LogP) is 8.46. The Morgan fingerprint density at radius 2 is 1.56 bits per heavy atom. The van der Waals surface area contributed by atoms with E-state index < -0.39 is 27.7 Å². The van der Waals surface area contributed by atoms with E-state index in [9.17, 15) is 26.4 Å². The number of nitrogens with one attached hydrogen (secondary N) is 2. The van der Waals surface area contributed by atoms with Crippen LogP contribution >= 0.6 is 23.2 Å². The van der Waals surface area contributed by atoms with Gasteiger partial charge in [-0.15, -0.1) is 0 Å². The van der Waals surface area contributed by atoms with Crippen LogP contribution in [0.5, 0.6) is 11.5 Å². The van der Waals surface area contributed by atoms with Gasteiger partial charge < -0.3 is 15.0 Å². The molecule has 1 aliphatic rings. The van der Waals surface area contributed by atoms with E-state index in [4.69, 9.17) is 27.9 Å². The molecule has 1 amide bonds. The molecule has 4 aromatic rings. The Kier molecular flexibility index (Phi) is 8.77. The molecule has 0 atom stereocenters. The number of carbonyl (C=O) groups is 1. The van der Waals surface area contributed by atoms with Crippen LogP contribution in [0.2, 0.25) is 10.0 Å². The second kappa shape index (κ2) is 12.4. The number of halogens is 5. The lowest BCUT2D eigenvalue weighted by Crippen LogP contribution is -2.23. The van der Waals surface area contributed by atoms with E-state index in [1.165, 1.54) is 48.5 Å². The van der Waals surface area contributed by atoms with E-state index in [0.717, 1.165) is 25.0 Å². The Balaban J connectivity index is 1.40. The standard InChI is InChI=1S/C30H24Cl2F3N3O4S/c31-20-8-13-25(37-43(40,41)22-11-9-21(10-12-22)42-28-6-2-1-5-24(28)32)23(18-20)29(39)36-26-17-19(30(33,34)35)7-14-27(26)38-15-3-4-16-38/h1-2,5-14,17-18,37H,3-4,15-16H2,(H,36,39). The molecular formula is C30H24Cl2F3N3O4S. The maximum Gasteiger partial charge on any atom is 0.416 e. The van der Waals surface area contributed by atoms with Gasteiger partial charge in [0.05, 0.1) is 38.1 Å². The molecule has 0 unspecified atom stereocenters. The third-order valence-electron chi connectivity index (χ3n) is 6.69. The highest BCUT2D eigenvalue weighted by Gasteiger charge is 2.32. The Morgan fingerprint density at radius 3 is 2.23 bits per heavy atom. The lowest BCUT2D eigenvalue weighted by molar-refractivity contribution is -0.137. The highest BCUT2D eigenvalue weighted by atomic mass is 35.5. The molecule has 5 rings (SSSR count).